The third-order valence-corrected chi connectivity index (χ3v) is 4.53. The topological polar surface area (TPSA) is 97.1 Å². The van der Waals surface area contributed by atoms with Crippen molar-refractivity contribution in [2.24, 2.45) is 5.84 Å². The van der Waals surface area contributed by atoms with Crippen LogP contribution >= 0.6 is 0 Å². The van der Waals surface area contributed by atoms with Crippen molar-refractivity contribution in [1.29, 1.82) is 0 Å². The lowest BCUT2D eigenvalue weighted by Gasteiger charge is -2.11. The normalized spacial score (nSPS) is 13.7. The predicted molar refractivity (Wildman–Crippen MR) is 85.4 cm³/mol. The molecule has 0 aliphatic carbocycles. The Hall–Kier alpha value is -1.99. The Labute approximate surface area is 125 Å². The van der Waals surface area contributed by atoms with E-state index in [9.17, 15) is 9.00 Å². The summed E-state index contributed by atoms with van der Waals surface area (Å²) in [4.78, 5) is 16.4. The SMILES string of the molecule is CC(CNC(=O)c1cc2ccccc2c(NN)n1)S(C)=O. The first-order chi connectivity index (χ1) is 10.0. The molecule has 2 unspecified atom stereocenters. The number of carbonyl (C=O) groups excluding carboxylic acids is 1. The van der Waals surface area contributed by atoms with E-state index in [1.54, 1.807) is 12.3 Å². The van der Waals surface area contributed by atoms with Crippen LogP contribution in [0.1, 0.15) is 17.4 Å². The number of rotatable bonds is 5. The van der Waals surface area contributed by atoms with Crippen LogP contribution in [0.5, 0.6) is 0 Å². The lowest BCUT2D eigenvalue weighted by molar-refractivity contribution is 0.0949. The van der Waals surface area contributed by atoms with Gasteiger partial charge < -0.3 is 10.7 Å². The van der Waals surface area contributed by atoms with Crippen LogP contribution in [-0.2, 0) is 10.8 Å². The van der Waals surface area contributed by atoms with Crippen molar-refractivity contribution in [2.45, 2.75) is 12.2 Å². The molecule has 0 fully saturated rings. The number of nitrogens with one attached hydrogen (secondary N) is 2. The summed E-state index contributed by atoms with van der Waals surface area (Å²) in [5, 5.41) is 4.34. The zero-order chi connectivity index (χ0) is 15.4. The molecular weight excluding hydrogens is 288 g/mol. The van der Waals surface area contributed by atoms with Gasteiger partial charge in [-0.15, -0.1) is 0 Å². The second-order valence-electron chi connectivity index (χ2n) is 4.74. The number of hydrogen-bond acceptors (Lipinski definition) is 5. The number of anilines is 1. The van der Waals surface area contributed by atoms with Crippen molar-refractivity contribution >= 4 is 33.3 Å². The van der Waals surface area contributed by atoms with E-state index >= 15 is 0 Å². The number of nitrogens with two attached hydrogens (primary N) is 1. The van der Waals surface area contributed by atoms with Gasteiger partial charge in [-0.2, -0.15) is 0 Å². The molecule has 6 nitrogen and oxygen atoms in total. The van der Waals surface area contributed by atoms with Crippen molar-refractivity contribution in [3.05, 3.63) is 36.0 Å². The number of amides is 1. The van der Waals surface area contributed by atoms with Crippen molar-refractivity contribution in [3.8, 4) is 0 Å². The minimum absolute atomic E-state index is 0.110. The molecule has 0 spiro atoms. The van der Waals surface area contributed by atoms with Gasteiger partial charge in [-0.3, -0.25) is 9.00 Å². The summed E-state index contributed by atoms with van der Waals surface area (Å²) in [6.07, 6.45) is 1.61. The zero-order valence-electron chi connectivity index (χ0n) is 11.9. The molecule has 2 rings (SSSR count). The summed E-state index contributed by atoms with van der Waals surface area (Å²) >= 11 is 0. The van der Waals surface area contributed by atoms with Crippen LogP contribution in [0, 0.1) is 0 Å². The third kappa shape index (κ3) is 3.56. The number of hydrogen-bond donors (Lipinski definition) is 3. The van der Waals surface area contributed by atoms with Crippen LogP contribution in [0.4, 0.5) is 5.82 Å². The van der Waals surface area contributed by atoms with Crippen LogP contribution in [0.25, 0.3) is 10.8 Å². The van der Waals surface area contributed by atoms with Crippen molar-refractivity contribution in [1.82, 2.24) is 10.3 Å². The first-order valence-corrected chi connectivity index (χ1v) is 8.12. The minimum Gasteiger partial charge on any atom is -0.350 e. The van der Waals surface area contributed by atoms with Gasteiger partial charge in [-0.1, -0.05) is 24.3 Å². The average Bonchev–Trinajstić information content (AvgIpc) is 2.50. The highest BCUT2D eigenvalue weighted by molar-refractivity contribution is 7.84. The summed E-state index contributed by atoms with van der Waals surface area (Å²) < 4.78 is 11.3. The number of fused-ring (bicyclic) bond motifs is 1. The fourth-order valence-corrected chi connectivity index (χ4v) is 2.19. The number of nitrogens with zero attached hydrogens (tertiary/aromatic N) is 1. The maximum atomic E-state index is 12.1. The Morgan fingerprint density at radius 1 is 1.43 bits per heavy atom. The van der Waals surface area contributed by atoms with Gasteiger partial charge in [0.15, 0.2) is 0 Å². The van der Waals surface area contributed by atoms with E-state index in [0.29, 0.717) is 12.4 Å². The van der Waals surface area contributed by atoms with E-state index < -0.39 is 10.8 Å². The maximum Gasteiger partial charge on any atom is 0.270 e. The molecule has 1 heterocycles. The molecular formula is C14H18N4O2S. The van der Waals surface area contributed by atoms with Gasteiger partial charge in [0.25, 0.3) is 5.91 Å². The first kappa shape index (κ1) is 15.4. The number of nitrogen functional groups attached to an aromatic ring is 1. The molecule has 2 aromatic rings. The van der Waals surface area contributed by atoms with Gasteiger partial charge in [0, 0.05) is 34.2 Å². The molecule has 1 aromatic heterocycles. The number of hydrazine groups is 1. The fourth-order valence-electron chi connectivity index (χ4n) is 1.87. The third-order valence-electron chi connectivity index (χ3n) is 3.23. The summed E-state index contributed by atoms with van der Waals surface area (Å²) in [6, 6.07) is 9.23. The molecule has 1 aromatic carbocycles. The van der Waals surface area contributed by atoms with Gasteiger partial charge in [-0.25, -0.2) is 10.8 Å². The van der Waals surface area contributed by atoms with E-state index in [0.717, 1.165) is 10.8 Å². The van der Waals surface area contributed by atoms with Crippen molar-refractivity contribution < 1.29 is 9.00 Å². The lowest BCUT2D eigenvalue weighted by Crippen LogP contribution is -2.33. The molecule has 21 heavy (non-hydrogen) atoms. The number of aromatic nitrogens is 1. The fraction of sp³-hybridized carbons (Fsp3) is 0.286. The van der Waals surface area contributed by atoms with Crippen LogP contribution in [0.3, 0.4) is 0 Å². The van der Waals surface area contributed by atoms with E-state index in [-0.39, 0.29) is 16.9 Å². The average molecular weight is 306 g/mol. The monoisotopic (exact) mass is 306 g/mol. The Kier molecular flexibility index (Phi) is 4.87. The van der Waals surface area contributed by atoms with Crippen LogP contribution in [-0.4, -0.2) is 33.2 Å². The number of carbonyl (C=O) groups is 1. The predicted octanol–water partition coefficient (Wildman–Crippen LogP) is 1.02. The Balaban J connectivity index is 2.25. The smallest absolute Gasteiger partial charge is 0.270 e. The van der Waals surface area contributed by atoms with Gasteiger partial charge in [0.05, 0.1) is 0 Å². The second kappa shape index (κ2) is 6.64. The Bertz CT molecular complexity index is 690. The van der Waals surface area contributed by atoms with E-state index in [1.807, 2.05) is 31.2 Å². The summed E-state index contributed by atoms with van der Waals surface area (Å²) in [7, 11) is -0.979. The van der Waals surface area contributed by atoms with Crippen LogP contribution in [0.2, 0.25) is 0 Å². The van der Waals surface area contributed by atoms with E-state index in [1.165, 1.54) is 0 Å². The first-order valence-electron chi connectivity index (χ1n) is 6.49. The largest absolute Gasteiger partial charge is 0.350 e. The number of benzene rings is 1. The van der Waals surface area contributed by atoms with Crippen LogP contribution in [0.15, 0.2) is 30.3 Å². The molecule has 4 N–H and O–H groups in total. The highest BCUT2D eigenvalue weighted by Gasteiger charge is 2.13. The molecule has 0 bridgehead atoms. The molecule has 0 saturated heterocycles. The van der Waals surface area contributed by atoms with E-state index in [4.69, 9.17) is 5.84 Å². The molecule has 0 radical (unpaired) electrons. The maximum absolute atomic E-state index is 12.1. The van der Waals surface area contributed by atoms with Crippen LogP contribution < -0.4 is 16.6 Å². The molecule has 0 aliphatic heterocycles. The standard InChI is InChI=1S/C14H18N4O2S/c1-9(21(2)20)8-16-14(19)12-7-10-5-3-4-6-11(10)13(17-12)18-15/h3-7,9H,8,15H2,1-2H3,(H,16,19)(H,17,18). The highest BCUT2D eigenvalue weighted by atomic mass is 32.2. The molecule has 0 saturated carbocycles. The second-order valence-corrected chi connectivity index (χ2v) is 6.54. The van der Waals surface area contributed by atoms with Gasteiger partial charge >= 0.3 is 0 Å². The van der Waals surface area contributed by atoms with Gasteiger partial charge in [-0.05, 0) is 18.4 Å². The number of pyridine rings is 1. The molecule has 112 valence electrons. The Morgan fingerprint density at radius 2 is 2.14 bits per heavy atom. The van der Waals surface area contributed by atoms with Crippen molar-refractivity contribution in [3.63, 3.8) is 0 Å². The zero-order valence-corrected chi connectivity index (χ0v) is 12.7. The van der Waals surface area contributed by atoms with Crippen molar-refractivity contribution in [2.75, 3.05) is 18.2 Å². The summed E-state index contributed by atoms with van der Waals surface area (Å²) in [5.74, 6) is 5.60. The summed E-state index contributed by atoms with van der Waals surface area (Å²) in [6.45, 7) is 2.15. The minimum atomic E-state index is -0.979. The molecule has 2 atom stereocenters. The van der Waals surface area contributed by atoms with Gasteiger partial charge in [0.1, 0.15) is 11.5 Å². The highest BCUT2D eigenvalue weighted by Crippen LogP contribution is 2.21. The quantitative estimate of drug-likeness (QED) is 0.566. The van der Waals surface area contributed by atoms with Gasteiger partial charge in [0.2, 0.25) is 0 Å². The molecule has 0 aliphatic rings. The summed E-state index contributed by atoms with van der Waals surface area (Å²) in [5.41, 5.74) is 2.78. The Morgan fingerprint density at radius 3 is 2.81 bits per heavy atom. The molecule has 1 amide bonds. The molecule has 7 heteroatoms. The lowest BCUT2D eigenvalue weighted by atomic mass is 10.1. The van der Waals surface area contributed by atoms with E-state index in [2.05, 4.69) is 15.7 Å².